The Bertz CT molecular complexity index is 1450. The lowest BCUT2D eigenvalue weighted by Crippen LogP contribution is -2.43. The van der Waals surface area contributed by atoms with Crippen molar-refractivity contribution >= 4 is 27.3 Å². The minimum Gasteiger partial charge on any atom is -0.320 e. The van der Waals surface area contributed by atoms with Crippen molar-refractivity contribution in [1.29, 1.82) is 0 Å². The third-order valence-electron chi connectivity index (χ3n) is 8.33. The number of halogens is 1. The molecule has 2 aromatic heterocycles. The number of anilines is 1. The molecule has 6 rings (SSSR count). The van der Waals surface area contributed by atoms with Gasteiger partial charge in [0.1, 0.15) is 12.2 Å². The molecule has 2 aliphatic heterocycles. The Balaban J connectivity index is 1.33. The van der Waals surface area contributed by atoms with Gasteiger partial charge in [0.15, 0.2) is 0 Å². The van der Waals surface area contributed by atoms with Gasteiger partial charge in [0.05, 0.1) is 28.7 Å². The van der Waals surface area contributed by atoms with E-state index in [2.05, 4.69) is 33.9 Å². The zero-order chi connectivity index (χ0) is 25.9. The van der Waals surface area contributed by atoms with Crippen LogP contribution in [0.5, 0.6) is 0 Å². The fourth-order valence-corrected chi connectivity index (χ4v) is 8.68. The van der Waals surface area contributed by atoms with Gasteiger partial charge in [0.2, 0.25) is 0 Å². The standard InChI is InChI=1S/C27H33ClN6O2S/c1-18-5-4-6-33(14-18)15-20-7-24(28)23-16-34(37(35,36)25(23)8-20)22-9-21(12-29-13-22)27(10-19(2)11-27)26-31-30-17-32(26)3/h7-9,12-13,17-19H,4-6,10-11,14-16H2,1-3H3/t18-,19?,27?/m0/s1. The van der Waals surface area contributed by atoms with E-state index in [4.69, 9.17) is 11.6 Å². The second-order valence-corrected chi connectivity index (χ2v) is 13.6. The van der Waals surface area contributed by atoms with Gasteiger partial charge in [-0.15, -0.1) is 10.2 Å². The fraction of sp³-hybridized carbons (Fsp3) is 0.519. The Hall–Kier alpha value is -2.49. The number of piperidine rings is 1. The third kappa shape index (κ3) is 4.15. The molecule has 0 bridgehead atoms. The van der Waals surface area contributed by atoms with Gasteiger partial charge in [-0.2, -0.15) is 0 Å². The molecule has 1 saturated heterocycles. The molecule has 0 unspecified atom stereocenters. The lowest BCUT2D eigenvalue weighted by atomic mass is 9.59. The molecule has 0 spiro atoms. The molecule has 10 heteroatoms. The van der Waals surface area contributed by atoms with Gasteiger partial charge in [-0.3, -0.25) is 14.2 Å². The van der Waals surface area contributed by atoms with Crippen LogP contribution >= 0.6 is 11.6 Å². The number of benzene rings is 1. The summed E-state index contributed by atoms with van der Waals surface area (Å²) in [4.78, 5) is 7.20. The van der Waals surface area contributed by atoms with Crippen LogP contribution in [0.25, 0.3) is 0 Å². The molecule has 4 heterocycles. The molecule has 2 fully saturated rings. The molecule has 1 saturated carbocycles. The van der Waals surface area contributed by atoms with Crippen LogP contribution in [0.15, 0.2) is 41.8 Å². The lowest BCUT2D eigenvalue weighted by molar-refractivity contribution is 0.176. The van der Waals surface area contributed by atoms with Crippen molar-refractivity contribution in [3.05, 3.63) is 64.5 Å². The summed E-state index contributed by atoms with van der Waals surface area (Å²) in [6, 6.07) is 5.72. The predicted molar refractivity (Wildman–Crippen MR) is 143 cm³/mol. The van der Waals surface area contributed by atoms with Crippen molar-refractivity contribution in [2.75, 3.05) is 17.4 Å². The Kier molecular flexibility index (Phi) is 6.08. The van der Waals surface area contributed by atoms with Crippen LogP contribution in [0.2, 0.25) is 5.02 Å². The summed E-state index contributed by atoms with van der Waals surface area (Å²) in [5, 5.41) is 9.03. The van der Waals surface area contributed by atoms with Crippen molar-refractivity contribution in [2.24, 2.45) is 18.9 Å². The number of pyridine rings is 1. The van der Waals surface area contributed by atoms with Gasteiger partial charge >= 0.3 is 0 Å². The van der Waals surface area contributed by atoms with Gasteiger partial charge in [-0.05, 0) is 73.4 Å². The summed E-state index contributed by atoms with van der Waals surface area (Å²) < 4.78 is 31.0. The lowest BCUT2D eigenvalue weighted by Gasteiger charge is -2.45. The number of hydrogen-bond acceptors (Lipinski definition) is 6. The molecule has 0 N–H and O–H groups in total. The SMILES string of the molecule is CC1CC(c2cncc(N3Cc4c(Cl)cc(CN5CCC[C@H](C)C5)cc4S3(=O)=O)c2)(c2nncn2C)C1. The van der Waals surface area contributed by atoms with Crippen molar-refractivity contribution in [3.63, 3.8) is 0 Å². The van der Waals surface area contributed by atoms with Crippen LogP contribution in [0.3, 0.4) is 0 Å². The smallest absolute Gasteiger partial charge is 0.265 e. The molecular weight excluding hydrogens is 508 g/mol. The Morgan fingerprint density at radius 2 is 1.95 bits per heavy atom. The van der Waals surface area contributed by atoms with E-state index >= 15 is 0 Å². The van der Waals surface area contributed by atoms with Crippen molar-refractivity contribution in [2.45, 2.75) is 62.9 Å². The Morgan fingerprint density at radius 3 is 2.65 bits per heavy atom. The van der Waals surface area contributed by atoms with Gasteiger partial charge in [0.25, 0.3) is 10.0 Å². The summed E-state index contributed by atoms with van der Waals surface area (Å²) in [5.74, 6) is 2.08. The summed E-state index contributed by atoms with van der Waals surface area (Å²) >= 11 is 6.69. The van der Waals surface area contributed by atoms with E-state index in [1.807, 2.05) is 36.0 Å². The first-order valence-electron chi connectivity index (χ1n) is 13.0. The molecule has 0 radical (unpaired) electrons. The van der Waals surface area contributed by atoms with Crippen molar-refractivity contribution in [1.82, 2.24) is 24.6 Å². The quantitative estimate of drug-likeness (QED) is 0.473. The second-order valence-electron chi connectivity index (χ2n) is 11.3. The summed E-state index contributed by atoms with van der Waals surface area (Å²) in [6.45, 7) is 7.46. The first-order valence-corrected chi connectivity index (χ1v) is 14.9. The number of aromatic nitrogens is 4. The zero-order valence-corrected chi connectivity index (χ0v) is 23.1. The normalized spacial score (nSPS) is 27.2. The number of hydrogen-bond donors (Lipinski definition) is 0. The third-order valence-corrected chi connectivity index (χ3v) is 10.5. The molecule has 1 aromatic carbocycles. The van der Waals surface area contributed by atoms with Gasteiger partial charge < -0.3 is 4.57 Å². The van der Waals surface area contributed by atoms with E-state index in [-0.39, 0.29) is 12.0 Å². The molecular formula is C27H33ClN6O2S. The van der Waals surface area contributed by atoms with Crippen LogP contribution in [-0.2, 0) is 35.6 Å². The van der Waals surface area contributed by atoms with Crippen LogP contribution in [0.4, 0.5) is 5.69 Å². The molecule has 8 nitrogen and oxygen atoms in total. The Morgan fingerprint density at radius 1 is 1.14 bits per heavy atom. The van der Waals surface area contributed by atoms with Crippen LogP contribution in [-0.4, -0.2) is 46.2 Å². The summed E-state index contributed by atoms with van der Waals surface area (Å²) in [5.41, 5.74) is 2.80. The number of rotatable bonds is 5. The fourth-order valence-electron chi connectivity index (χ4n) is 6.63. The highest BCUT2D eigenvalue weighted by Crippen LogP contribution is 2.52. The maximum absolute atomic E-state index is 13.8. The van der Waals surface area contributed by atoms with E-state index < -0.39 is 10.0 Å². The van der Waals surface area contributed by atoms with E-state index in [9.17, 15) is 8.42 Å². The average molecular weight is 541 g/mol. The number of aryl methyl sites for hydroxylation is 1. The highest BCUT2D eigenvalue weighted by Gasteiger charge is 2.49. The molecule has 3 aromatic rings. The maximum Gasteiger partial charge on any atom is 0.265 e. The number of fused-ring (bicyclic) bond motifs is 1. The second kappa shape index (κ2) is 9.06. The summed E-state index contributed by atoms with van der Waals surface area (Å²) in [7, 11) is -1.82. The monoisotopic (exact) mass is 540 g/mol. The average Bonchev–Trinajstić information content (AvgIpc) is 3.38. The number of nitrogens with zero attached hydrogens (tertiary/aromatic N) is 6. The van der Waals surface area contributed by atoms with Crippen molar-refractivity contribution in [3.8, 4) is 0 Å². The summed E-state index contributed by atoms with van der Waals surface area (Å²) in [6.07, 6.45) is 9.43. The molecule has 3 aliphatic rings. The molecule has 1 atom stereocenters. The first-order chi connectivity index (χ1) is 17.7. The van der Waals surface area contributed by atoms with Crippen LogP contribution < -0.4 is 4.31 Å². The van der Waals surface area contributed by atoms with Gasteiger partial charge in [0, 0.05) is 36.9 Å². The van der Waals surface area contributed by atoms with E-state index in [1.165, 1.54) is 17.1 Å². The molecule has 196 valence electrons. The van der Waals surface area contributed by atoms with Gasteiger partial charge in [-0.1, -0.05) is 25.4 Å². The van der Waals surface area contributed by atoms with Crippen molar-refractivity contribution < 1.29 is 8.42 Å². The molecule has 0 amide bonds. The predicted octanol–water partition coefficient (Wildman–Crippen LogP) is 4.52. The molecule has 1 aliphatic carbocycles. The topological polar surface area (TPSA) is 84.2 Å². The van der Waals surface area contributed by atoms with Crippen LogP contribution in [0.1, 0.15) is 62.0 Å². The first kappa shape index (κ1) is 24.8. The number of sulfonamides is 1. The van der Waals surface area contributed by atoms with E-state index in [1.54, 1.807) is 12.5 Å². The molecule has 37 heavy (non-hydrogen) atoms. The Labute approximate surface area is 223 Å². The van der Waals surface area contributed by atoms with Gasteiger partial charge in [-0.25, -0.2) is 8.42 Å². The van der Waals surface area contributed by atoms with Crippen LogP contribution in [0, 0.1) is 11.8 Å². The minimum absolute atomic E-state index is 0.204. The highest BCUT2D eigenvalue weighted by atomic mass is 35.5. The largest absolute Gasteiger partial charge is 0.320 e. The highest BCUT2D eigenvalue weighted by molar-refractivity contribution is 7.93. The maximum atomic E-state index is 13.8. The van der Waals surface area contributed by atoms with E-state index in [0.717, 1.165) is 42.9 Å². The minimum atomic E-state index is -3.76. The number of likely N-dealkylation sites (tertiary alicyclic amines) is 1. The van der Waals surface area contributed by atoms with E-state index in [0.29, 0.717) is 39.5 Å². The zero-order valence-electron chi connectivity index (χ0n) is 21.6.